The molecule has 1 aromatic heterocycles. The summed E-state index contributed by atoms with van der Waals surface area (Å²) in [7, 11) is 0. The number of aryl methyl sites for hydroxylation is 2. The molecule has 7 nitrogen and oxygen atoms in total. The molecule has 2 N–H and O–H groups in total. The molecule has 2 heterocycles. The molecule has 198 valence electrons. The van der Waals surface area contributed by atoms with Crippen molar-refractivity contribution in [2.24, 2.45) is 16.3 Å². The van der Waals surface area contributed by atoms with Gasteiger partial charge < -0.3 is 32.0 Å². The van der Waals surface area contributed by atoms with Crippen LogP contribution in [0.15, 0.2) is 17.1 Å². The number of fused-ring (bicyclic) bond motifs is 2. The van der Waals surface area contributed by atoms with Crippen molar-refractivity contribution in [1.29, 1.82) is 0 Å². The van der Waals surface area contributed by atoms with E-state index in [4.69, 9.17) is 14.8 Å². The first-order valence-corrected chi connectivity index (χ1v) is 12.8. The van der Waals surface area contributed by atoms with E-state index in [9.17, 15) is 4.79 Å². The molecule has 0 bridgehead atoms. The molecule has 0 unspecified atom stereocenters. The number of hydrogen-bond donors (Lipinski definition) is 2. The number of hydrogen-bond acceptors (Lipinski definition) is 6. The van der Waals surface area contributed by atoms with Gasteiger partial charge in [-0.3, -0.25) is 5.10 Å². The molecule has 8 heteroatoms. The molecule has 5 rings (SSSR count). The zero-order valence-electron chi connectivity index (χ0n) is 23.5. The largest absolute Gasteiger partial charge is 1.00 e. The Bertz CT molecular complexity index is 1070. The maximum absolute atomic E-state index is 10.00. The van der Waals surface area contributed by atoms with Crippen LogP contribution >= 0.6 is 0 Å². The van der Waals surface area contributed by atoms with Crippen LogP contribution in [-0.4, -0.2) is 71.2 Å². The molecule has 0 amide bonds. The molecule has 37 heavy (non-hydrogen) atoms. The van der Waals surface area contributed by atoms with Gasteiger partial charge in [-0.1, -0.05) is 40.7 Å². The first-order chi connectivity index (χ1) is 16.9. The molecule has 1 saturated heterocycles. The second-order valence-electron chi connectivity index (χ2n) is 10.5. The van der Waals surface area contributed by atoms with Gasteiger partial charge in [-0.15, -0.1) is 5.56 Å². The molecule has 3 aliphatic rings. The van der Waals surface area contributed by atoms with Gasteiger partial charge in [0.25, 0.3) is 0 Å². The van der Waals surface area contributed by atoms with E-state index in [1.165, 1.54) is 29.7 Å². The number of aromatic amines is 1. The molecule has 2 aromatic rings. The molecule has 1 saturated carbocycles. The summed E-state index contributed by atoms with van der Waals surface area (Å²) in [5.74, 6) is 0.846. The summed E-state index contributed by atoms with van der Waals surface area (Å²) in [6.07, 6.45) is 7.42. The van der Waals surface area contributed by atoms with Crippen LogP contribution < -0.4 is 18.9 Å². The van der Waals surface area contributed by atoms with E-state index in [-0.39, 0.29) is 39.0 Å². The molecule has 2 aliphatic carbocycles. The minimum absolute atomic E-state index is 0. The van der Waals surface area contributed by atoms with E-state index in [2.05, 4.69) is 50.0 Å². The van der Waals surface area contributed by atoms with Gasteiger partial charge in [0.1, 0.15) is 5.69 Å². The summed E-state index contributed by atoms with van der Waals surface area (Å²) < 4.78 is 5.18. The van der Waals surface area contributed by atoms with Crippen LogP contribution in [0.25, 0.3) is 0 Å². The van der Waals surface area contributed by atoms with Crippen molar-refractivity contribution in [3.8, 4) is 0 Å². The van der Waals surface area contributed by atoms with E-state index in [0.29, 0.717) is 25.1 Å². The fourth-order valence-electron chi connectivity index (χ4n) is 5.29. The number of aromatic nitrogens is 2. The number of aliphatic imine (C=N–C) groups is 1. The molecule has 3 atom stereocenters. The maximum Gasteiger partial charge on any atom is 1.00 e. The minimum atomic E-state index is -0.128. The van der Waals surface area contributed by atoms with Gasteiger partial charge in [0.05, 0.1) is 25.0 Å². The molecule has 1 aromatic carbocycles. The Balaban J connectivity index is 0.000000317. The van der Waals surface area contributed by atoms with Crippen LogP contribution in [0, 0.1) is 38.7 Å². The van der Waals surface area contributed by atoms with Crippen LogP contribution in [0.3, 0.4) is 0 Å². The number of morpholine rings is 1. The van der Waals surface area contributed by atoms with Gasteiger partial charge in [0.2, 0.25) is 0 Å². The Hall–Kier alpha value is -1.75. The molecule has 0 spiro atoms. The van der Waals surface area contributed by atoms with E-state index < -0.39 is 0 Å². The van der Waals surface area contributed by atoms with Crippen molar-refractivity contribution < 1.29 is 33.5 Å². The Morgan fingerprint density at radius 1 is 1.43 bits per heavy atom. The summed E-state index contributed by atoms with van der Waals surface area (Å²) in [4.78, 5) is 16.9. The van der Waals surface area contributed by atoms with Crippen molar-refractivity contribution in [2.75, 3.05) is 32.8 Å². The third-order valence-corrected chi connectivity index (χ3v) is 7.53. The van der Waals surface area contributed by atoms with Gasteiger partial charge in [-0.05, 0) is 42.7 Å². The third-order valence-electron chi connectivity index (χ3n) is 7.53. The van der Waals surface area contributed by atoms with Crippen LogP contribution in [0.1, 0.15) is 61.2 Å². The second-order valence-corrected chi connectivity index (χ2v) is 10.5. The first kappa shape index (κ1) is 31.5. The topological polar surface area (TPSA) is 90.8 Å². The molecular formula is C29H41LiN4O3-2. The van der Waals surface area contributed by atoms with Gasteiger partial charge in [0.15, 0.2) is 0 Å². The zero-order chi connectivity index (χ0) is 25.0. The monoisotopic (exact) mass is 500 g/mol. The number of ether oxygens (including phenoxy) is 1. The summed E-state index contributed by atoms with van der Waals surface area (Å²) in [6.45, 7) is 11.1. The number of aliphatic hydroxyl groups excluding tert-OH is 1. The van der Waals surface area contributed by atoms with Crippen LogP contribution in [-0.2, 0) is 22.4 Å². The number of aliphatic hydroxyl groups is 1. The Morgan fingerprint density at radius 2 is 2.22 bits per heavy atom. The summed E-state index contributed by atoms with van der Waals surface area (Å²) >= 11 is 0. The molecular weight excluding hydrogens is 459 g/mol. The standard InChI is InChI=1S/C21H26N3.C7H12NO3.CH3.Li/c1-5-6-18(22-17-8-7-13(2)9-14(17)3)20-16-10-15-11-21(15,4)12-19(16)23-24-20;9-3-1-8-2-4-11-7(5-8)6-10;;/h8-9,15H,5-6,10-12H2,1-4H3,(H,23,24);7,10H,1-2,4-6H2;1H3;/q3*-1;+1/t15-,21-;7-;;/m10../s1. The van der Waals surface area contributed by atoms with E-state index in [1.54, 1.807) is 0 Å². The number of nitrogens with zero attached hydrogens (tertiary/aromatic N) is 3. The zero-order valence-corrected chi connectivity index (χ0v) is 23.5. The fraction of sp³-hybridized carbons (Fsp3) is 0.586. The summed E-state index contributed by atoms with van der Waals surface area (Å²) in [5, 5.41) is 16.7. The number of carbonyl (C=O) groups excluding carboxylic acids is 1. The van der Waals surface area contributed by atoms with Crippen molar-refractivity contribution in [3.05, 3.63) is 53.7 Å². The smallest absolute Gasteiger partial charge is 0.541 e. The number of rotatable bonds is 7. The second kappa shape index (κ2) is 13.9. The normalized spacial score (nSPS) is 24.4. The summed E-state index contributed by atoms with van der Waals surface area (Å²) in [6, 6.07) is 7.44. The van der Waals surface area contributed by atoms with Gasteiger partial charge in [-0.25, -0.2) is 6.29 Å². The van der Waals surface area contributed by atoms with Crippen molar-refractivity contribution in [1.82, 2.24) is 15.1 Å². The predicted octanol–water partition coefficient (Wildman–Crippen LogP) is 1.12. The van der Waals surface area contributed by atoms with Gasteiger partial charge in [-0.2, -0.15) is 28.9 Å². The van der Waals surface area contributed by atoms with E-state index in [1.807, 2.05) is 17.3 Å². The third kappa shape index (κ3) is 7.65. The quantitative estimate of drug-likeness (QED) is 0.338. The van der Waals surface area contributed by atoms with Gasteiger partial charge in [0, 0.05) is 24.3 Å². The Kier molecular flexibility index (Phi) is 11.8. The number of benzene rings is 1. The van der Waals surface area contributed by atoms with Crippen molar-refractivity contribution >= 4 is 17.7 Å². The average molecular weight is 501 g/mol. The fourth-order valence-corrected chi connectivity index (χ4v) is 5.29. The maximum atomic E-state index is 10.00. The van der Waals surface area contributed by atoms with Crippen molar-refractivity contribution in [2.45, 2.75) is 65.9 Å². The Labute approximate surface area is 234 Å². The van der Waals surface area contributed by atoms with Crippen LogP contribution in [0.5, 0.6) is 0 Å². The number of nitrogens with one attached hydrogen (secondary N) is 1. The molecule has 0 radical (unpaired) electrons. The van der Waals surface area contributed by atoms with E-state index >= 15 is 0 Å². The van der Waals surface area contributed by atoms with Crippen LogP contribution in [0.4, 0.5) is 5.69 Å². The molecule has 2 fully saturated rings. The number of H-pyrrole nitrogens is 1. The average Bonchev–Trinajstić information content (AvgIpc) is 3.35. The SMILES string of the molecule is CCCC(=Nc1c[c-]c(C)cc1C)c1n[nH]c2c1C[C@@H]1C[C@]1(C)C2.O=[C-]CN1CCO[C@H](CO)C1.[CH3-].[Li+]. The van der Waals surface area contributed by atoms with Crippen molar-refractivity contribution in [3.63, 3.8) is 0 Å². The predicted molar refractivity (Wildman–Crippen MR) is 143 cm³/mol. The molecule has 1 aliphatic heterocycles. The van der Waals surface area contributed by atoms with E-state index in [0.717, 1.165) is 54.4 Å². The Morgan fingerprint density at radius 3 is 2.89 bits per heavy atom. The summed E-state index contributed by atoms with van der Waals surface area (Å²) in [5.41, 5.74) is 8.93. The van der Waals surface area contributed by atoms with Gasteiger partial charge >= 0.3 is 18.9 Å². The minimum Gasteiger partial charge on any atom is -0.541 e. The first-order valence-electron chi connectivity index (χ1n) is 12.8. The van der Waals surface area contributed by atoms with Crippen LogP contribution in [0.2, 0.25) is 0 Å².